The molecule has 0 aromatic heterocycles. The highest BCUT2D eigenvalue weighted by Crippen LogP contribution is 2.09. The van der Waals surface area contributed by atoms with E-state index in [1.165, 1.54) is 6.08 Å². The molecule has 1 N–H and O–H groups in total. The molecule has 0 heterocycles. The minimum Gasteiger partial charge on any atom is -0.508 e. The Kier molecular flexibility index (Phi) is 1.48. The lowest BCUT2D eigenvalue weighted by Crippen LogP contribution is -1.67. The van der Waals surface area contributed by atoms with Crippen molar-refractivity contribution >= 4 is 6.08 Å². The number of rotatable bonds is 1. The van der Waals surface area contributed by atoms with Crippen LogP contribution in [0.4, 0.5) is 0 Å². The van der Waals surface area contributed by atoms with Gasteiger partial charge in [0.15, 0.2) is 6.08 Å². The lowest BCUT2D eigenvalue weighted by atomic mass is 10.2. The van der Waals surface area contributed by atoms with Gasteiger partial charge < -0.3 is 5.11 Å². The van der Waals surface area contributed by atoms with E-state index in [0.717, 1.165) is 5.56 Å². The van der Waals surface area contributed by atoms with Crippen molar-refractivity contribution < 1.29 is 5.11 Å². The molecule has 0 amide bonds. The Morgan fingerprint density at radius 3 is 2.22 bits per heavy atom. The molecule has 1 heteroatoms. The van der Waals surface area contributed by atoms with Crippen molar-refractivity contribution in [3.63, 3.8) is 0 Å². The Labute approximate surface area is 54.3 Å². The van der Waals surface area contributed by atoms with Crippen molar-refractivity contribution in [2.45, 2.75) is 0 Å². The van der Waals surface area contributed by atoms with E-state index in [-0.39, 0.29) is 5.75 Å². The van der Waals surface area contributed by atoms with Crippen molar-refractivity contribution in [3.05, 3.63) is 36.4 Å². The molecule has 0 radical (unpaired) electrons. The highest BCUT2D eigenvalue weighted by Gasteiger charge is 1.92. The quantitative estimate of drug-likeness (QED) is 0.559. The summed E-state index contributed by atoms with van der Waals surface area (Å²) in [6.07, 6.45) is 1.49. The van der Waals surface area contributed by atoms with Crippen LogP contribution >= 0.6 is 0 Å². The zero-order chi connectivity index (χ0) is 6.69. The van der Waals surface area contributed by atoms with Crippen molar-refractivity contribution in [1.82, 2.24) is 0 Å². The fraction of sp³-hybridized carbons (Fsp3) is 0. The standard InChI is InChI=1S/C8H6O/c1-2-7-3-5-8(9)6-4-7/h1-6H/p+1. The van der Waals surface area contributed by atoms with Gasteiger partial charge in [-0.15, -0.1) is 0 Å². The average molecular weight is 119 g/mol. The van der Waals surface area contributed by atoms with Crippen molar-refractivity contribution in [1.29, 1.82) is 0 Å². The van der Waals surface area contributed by atoms with E-state index < -0.39 is 0 Å². The largest absolute Gasteiger partial charge is 0.508 e. The Morgan fingerprint density at radius 2 is 1.78 bits per heavy atom. The first kappa shape index (κ1) is 5.80. The van der Waals surface area contributed by atoms with E-state index in [2.05, 4.69) is 0 Å². The number of hydrogen-bond donors (Lipinski definition) is 1. The molecule has 44 valence electrons. The van der Waals surface area contributed by atoms with Gasteiger partial charge in [0.1, 0.15) is 11.3 Å². The van der Waals surface area contributed by atoms with Crippen LogP contribution in [0.25, 0.3) is 6.08 Å². The van der Waals surface area contributed by atoms with Gasteiger partial charge in [-0.2, -0.15) is 0 Å². The lowest BCUT2D eigenvalue weighted by molar-refractivity contribution is 0.475. The molecule has 0 aliphatic rings. The van der Waals surface area contributed by atoms with Gasteiger partial charge in [0.25, 0.3) is 0 Å². The Morgan fingerprint density at radius 1 is 1.22 bits per heavy atom. The summed E-state index contributed by atoms with van der Waals surface area (Å²) in [5.74, 6) is 0.264. The minimum absolute atomic E-state index is 0.264. The second-order valence-corrected chi connectivity index (χ2v) is 1.76. The third-order valence-electron chi connectivity index (χ3n) is 1.09. The molecular weight excluding hydrogens is 112 g/mol. The summed E-state index contributed by atoms with van der Waals surface area (Å²) < 4.78 is 0. The molecular formula is C8H7O+. The summed E-state index contributed by atoms with van der Waals surface area (Å²) in [4.78, 5) is 0. The number of phenols is 1. The van der Waals surface area contributed by atoms with Gasteiger partial charge in [-0.1, -0.05) is 0 Å². The summed E-state index contributed by atoms with van der Waals surface area (Å²) in [5.41, 5.74) is 0.910. The van der Waals surface area contributed by atoms with Crippen LogP contribution < -0.4 is 0 Å². The molecule has 1 nitrogen and oxygen atoms in total. The van der Waals surface area contributed by atoms with E-state index in [4.69, 9.17) is 11.7 Å². The topological polar surface area (TPSA) is 20.2 Å². The predicted molar refractivity (Wildman–Crippen MR) is 36.9 cm³/mol. The SMILES string of the molecule is [CH+]=Cc1ccc(O)cc1. The Hall–Kier alpha value is -1.33. The lowest BCUT2D eigenvalue weighted by Gasteiger charge is -1.84. The Bertz CT molecular complexity index is 198. The highest BCUT2D eigenvalue weighted by atomic mass is 16.3. The molecule has 0 aliphatic carbocycles. The van der Waals surface area contributed by atoms with Crippen LogP contribution in [0.5, 0.6) is 5.75 Å². The summed E-state index contributed by atoms with van der Waals surface area (Å²) in [7, 11) is 0. The highest BCUT2D eigenvalue weighted by molar-refractivity contribution is 5.46. The predicted octanol–water partition coefficient (Wildman–Crippen LogP) is 1.84. The maximum atomic E-state index is 8.80. The summed E-state index contributed by atoms with van der Waals surface area (Å²) in [6.45, 7) is 5.19. The molecule has 0 unspecified atom stereocenters. The normalized spacial score (nSPS) is 8.78. The molecule has 0 fully saturated rings. The van der Waals surface area contributed by atoms with Crippen molar-refractivity contribution in [2.24, 2.45) is 0 Å². The van der Waals surface area contributed by atoms with Crippen LogP contribution in [-0.2, 0) is 0 Å². The molecule has 9 heavy (non-hydrogen) atoms. The van der Waals surface area contributed by atoms with E-state index in [0.29, 0.717) is 0 Å². The van der Waals surface area contributed by atoms with Crippen LogP contribution in [0.2, 0.25) is 0 Å². The molecule has 0 saturated heterocycles. The zero-order valence-electron chi connectivity index (χ0n) is 4.91. The monoisotopic (exact) mass is 119 g/mol. The van der Waals surface area contributed by atoms with Crippen LogP contribution in [0.15, 0.2) is 24.3 Å². The summed E-state index contributed by atoms with van der Waals surface area (Å²) in [6, 6.07) is 6.68. The molecule has 1 aromatic rings. The number of hydrogen-bond acceptors (Lipinski definition) is 1. The molecule has 0 atom stereocenters. The zero-order valence-corrected chi connectivity index (χ0v) is 4.91. The van der Waals surface area contributed by atoms with E-state index in [9.17, 15) is 0 Å². The van der Waals surface area contributed by atoms with Crippen LogP contribution in [0.3, 0.4) is 0 Å². The van der Waals surface area contributed by atoms with Gasteiger partial charge in [0.2, 0.25) is 0 Å². The van der Waals surface area contributed by atoms with Gasteiger partial charge in [-0.05, 0) is 0 Å². The maximum absolute atomic E-state index is 8.80. The fourth-order valence-corrected chi connectivity index (χ4v) is 0.585. The first-order chi connectivity index (χ1) is 4.33. The van der Waals surface area contributed by atoms with Gasteiger partial charge in [-0.25, -0.2) is 0 Å². The third-order valence-corrected chi connectivity index (χ3v) is 1.09. The maximum Gasteiger partial charge on any atom is 0.159 e. The van der Waals surface area contributed by atoms with Crippen LogP contribution in [0.1, 0.15) is 5.56 Å². The third kappa shape index (κ3) is 1.28. The van der Waals surface area contributed by atoms with Crippen LogP contribution in [0, 0.1) is 6.58 Å². The van der Waals surface area contributed by atoms with Gasteiger partial charge >= 0.3 is 0 Å². The molecule has 0 aliphatic heterocycles. The van der Waals surface area contributed by atoms with Gasteiger partial charge in [0, 0.05) is 30.8 Å². The summed E-state index contributed by atoms with van der Waals surface area (Å²) >= 11 is 0. The average Bonchev–Trinajstić information content (AvgIpc) is 1.90. The van der Waals surface area contributed by atoms with Crippen LogP contribution in [-0.4, -0.2) is 5.11 Å². The van der Waals surface area contributed by atoms with E-state index in [1.54, 1.807) is 24.3 Å². The molecule has 0 spiro atoms. The first-order valence-corrected chi connectivity index (χ1v) is 2.67. The minimum atomic E-state index is 0.264. The smallest absolute Gasteiger partial charge is 0.159 e. The molecule has 0 saturated carbocycles. The second-order valence-electron chi connectivity index (χ2n) is 1.76. The van der Waals surface area contributed by atoms with Gasteiger partial charge in [0.05, 0.1) is 0 Å². The van der Waals surface area contributed by atoms with E-state index >= 15 is 0 Å². The van der Waals surface area contributed by atoms with Crippen molar-refractivity contribution in [2.75, 3.05) is 0 Å². The van der Waals surface area contributed by atoms with Gasteiger partial charge in [-0.3, -0.25) is 0 Å². The molecule has 0 bridgehead atoms. The second kappa shape index (κ2) is 2.29. The van der Waals surface area contributed by atoms with E-state index in [1.807, 2.05) is 0 Å². The number of aromatic hydroxyl groups is 1. The fourth-order valence-electron chi connectivity index (χ4n) is 0.585. The van der Waals surface area contributed by atoms with Crippen molar-refractivity contribution in [3.8, 4) is 5.75 Å². The molecule has 1 aromatic carbocycles. The number of phenolic OH excluding ortho intramolecular Hbond substituents is 1. The Balaban J connectivity index is 3.01. The molecule has 1 rings (SSSR count). The summed E-state index contributed by atoms with van der Waals surface area (Å²) in [5, 5.41) is 8.80. The first-order valence-electron chi connectivity index (χ1n) is 2.67. The number of benzene rings is 1.